The second kappa shape index (κ2) is 2.51. The van der Waals surface area contributed by atoms with Crippen molar-refractivity contribution < 1.29 is 9.32 Å². The molecular formula is C7H9N3O2. The lowest BCUT2D eigenvalue weighted by molar-refractivity contribution is 0.0915. The average Bonchev–Trinajstić information content (AvgIpc) is 2.72. The lowest BCUT2D eigenvalue weighted by Gasteiger charge is -1.98. The molecule has 12 heavy (non-hydrogen) atoms. The van der Waals surface area contributed by atoms with Crippen LogP contribution in [0.2, 0.25) is 0 Å². The zero-order valence-corrected chi connectivity index (χ0v) is 6.41. The normalized spacial score (nSPS) is 16.0. The van der Waals surface area contributed by atoms with Crippen LogP contribution in [0.3, 0.4) is 0 Å². The topological polar surface area (TPSA) is 81.2 Å². The van der Waals surface area contributed by atoms with E-state index in [0.717, 1.165) is 12.8 Å². The zero-order valence-electron chi connectivity index (χ0n) is 6.41. The molecular weight excluding hydrogens is 158 g/mol. The molecule has 0 bridgehead atoms. The molecule has 3 N–H and O–H groups in total. The van der Waals surface area contributed by atoms with Gasteiger partial charge in [0.2, 0.25) is 5.76 Å². The fraction of sp³-hybridized carbons (Fsp3) is 0.429. The third-order valence-corrected chi connectivity index (χ3v) is 1.72. The molecule has 1 aliphatic rings. The Kier molecular flexibility index (Phi) is 1.49. The van der Waals surface area contributed by atoms with E-state index in [1.54, 1.807) is 0 Å². The van der Waals surface area contributed by atoms with Crippen molar-refractivity contribution in [1.82, 2.24) is 10.5 Å². The molecule has 0 atom stereocenters. The summed E-state index contributed by atoms with van der Waals surface area (Å²) >= 11 is 0. The van der Waals surface area contributed by atoms with Crippen LogP contribution < -0.4 is 11.1 Å². The maximum Gasteiger partial charge on any atom is 0.292 e. The summed E-state index contributed by atoms with van der Waals surface area (Å²) in [5.74, 6) is -0.158. The summed E-state index contributed by atoms with van der Waals surface area (Å²) < 4.78 is 4.67. The number of nitrogens with two attached hydrogens (primary N) is 1. The molecule has 0 spiro atoms. The molecule has 1 heterocycles. The summed E-state index contributed by atoms with van der Waals surface area (Å²) in [4.78, 5) is 11.3. The first-order valence-corrected chi connectivity index (χ1v) is 3.78. The number of carbonyl (C=O) groups is 1. The van der Waals surface area contributed by atoms with E-state index in [2.05, 4.69) is 15.0 Å². The zero-order chi connectivity index (χ0) is 8.55. The number of hydrogen-bond acceptors (Lipinski definition) is 4. The van der Waals surface area contributed by atoms with Gasteiger partial charge in [-0.2, -0.15) is 0 Å². The van der Waals surface area contributed by atoms with Crippen LogP contribution in [0.1, 0.15) is 23.4 Å². The maximum absolute atomic E-state index is 11.3. The van der Waals surface area contributed by atoms with Crippen molar-refractivity contribution in [3.63, 3.8) is 0 Å². The minimum atomic E-state index is -0.271. The molecule has 5 nitrogen and oxygen atoms in total. The molecule has 1 aliphatic carbocycles. The van der Waals surface area contributed by atoms with Crippen molar-refractivity contribution >= 4 is 11.6 Å². The minimum absolute atomic E-state index is 0.113. The fourth-order valence-electron chi connectivity index (χ4n) is 0.898. The third kappa shape index (κ3) is 1.25. The molecule has 0 aromatic carbocycles. The molecule has 1 saturated carbocycles. The van der Waals surface area contributed by atoms with Gasteiger partial charge in [-0.25, -0.2) is 0 Å². The molecule has 2 rings (SSSR count). The van der Waals surface area contributed by atoms with Gasteiger partial charge in [0.15, 0.2) is 0 Å². The lowest BCUT2D eigenvalue weighted by Crippen LogP contribution is -2.25. The standard InChI is InChI=1S/C7H9N3O2/c8-5-3-9-12-6(5)7(11)10-4-1-2-4/h3-4H,1-2,8H2,(H,10,11). The predicted octanol–water partition coefficient (Wildman–Crippen LogP) is 0.149. The van der Waals surface area contributed by atoms with E-state index in [0.29, 0.717) is 6.04 Å². The Balaban J connectivity index is 2.07. The van der Waals surface area contributed by atoms with Gasteiger partial charge in [0.05, 0.1) is 6.20 Å². The van der Waals surface area contributed by atoms with Crippen LogP contribution in [-0.2, 0) is 0 Å². The van der Waals surface area contributed by atoms with E-state index in [-0.39, 0.29) is 17.4 Å². The highest BCUT2D eigenvalue weighted by atomic mass is 16.5. The molecule has 0 radical (unpaired) electrons. The number of nitrogen functional groups attached to an aromatic ring is 1. The van der Waals surface area contributed by atoms with Crippen molar-refractivity contribution in [1.29, 1.82) is 0 Å². The first kappa shape index (κ1) is 7.15. The van der Waals surface area contributed by atoms with Crippen LogP contribution in [0.15, 0.2) is 10.7 Å². The Hall–Kier alpha value is -1.52. The Morgan fingerprint density at radius 3 is 3.00 bits per heavy atom. The Morgan fingerprint density at radius 1 is 1.75 bits per heavy atom. The predicted molar refractivity (Wildman–Crippen MR) is 41.4 cm³/mol. The second-order valence-corrected chi connectivity index (χ2v) is 2.86. The summed E-state index contributed by atoms with van der Waals surface area (Å²) in [5, 5.41) is 6.15. The summed E-state index contributed by atoms with van der Waals surface area (Å²) in [6.07, 6.45) is 3.40. The molecule has 1 aromatic heterocycles. The van der Waals surface area contributed by atoms with E-state index in [4.69, 9.17) is 5.73 Å². The van der Waals surface area contributed by atoms with Crippen LogP contribution in [0.4, 0.5) is 5.69 Å². The summed E-state index contributed by atoms with van der Waals surface area (Å²) in [7, 11) is 0. The third-order valence-electron chi connectivity index (χ3n) is 1.72. The highest BCUT2D eigenvalue weighted by molar-refractivity contribution is 5.96. The van der Waals surface area contributed by atoms with Crippen LogP contribution >= 0.6 is 0 Å². The molecule has 64 valence electrons. The van der Waals surface area contributed by atoms with Gasteiger partial charge in [-0.05, 0) is 12.8 Å². The largest absolute Gasteiger partial charge is 0.394 e. The highest BCUT2D eigenvalue weighted by Crippen LogP contribution is 2.20. The van der Waals surface area contributed by atoms with Crippen molar-refractivity contribution in [2.45, 2.75) is 18.9 Å². The summed E-state index contributed by atoms with van der Waals surface area (Å²) in [6, 6.07) is 0.307. The van der Waals surface area contributed by atoms with Crippen molar-refractivity contribution in [3.05, 3.63) is 12.0 Å². The summed E-state index contributed by atoms with van der Waals surface area (Å²) in [6.45, 7) is 0. The van der Waals surface area contributed by atoms with Crippen molar-refractivity contribution in [3.8, 4) is 0 Å². The van der Waals surface area contributed by atoms with Gasteiger partial charge < -0.3 is 15.6 Å². The number of aromatic nitrogens is 1. The monoisotopic (exact) mass is 167 g/mol. The minimum Gasteiger partial charge on any atom is -0.394 e. The molecule has 0 saturated heterocycles. The SMILES string of the molecule is Nc1cnoc1C(=O)NC1CC1. The second-order valence-electron chi connectivity index (χ2n) is 2.86. The smallest absolute Gasteiger partial charge is 0.292 e. The summed E-state index contributed by atoms with van der Waals surface area (Å²) in [5.41, 5.74) is 5.71. The van der Waals surface area contributed by atoms with Gasteiger partial charge in [-0.1, -0.05) is 5.16 Å². The van der Waals surface area contributed by atoms with Gasteiger partial charge in [-0.15, -0.1) is 0 Å². The molecule has 5 heteroatoms. The Labute approximate surface area is 68.9 Å². The molecule has 1 amide bonds. The number of rotatable bonds is 2. The number of nitrogens with zero attached hydrogens (tertiary/aromatic N) is 1. The first-order chi connectivity index (χ1) is 5.77. The Morgan fingerprint density at radius 2 is 2.50 bits per heavy atom. The van der Waals surface area contributed by atoms with E-state index in [9.17, 15) is 4.79 Å². The van der Waals surface area contributed by atoms with Gasteiger partial charge in [0.1, 0.15) is 5.69 Å². The van der Waals surface area contributed by atoms with Gasteiger partial charge in [0.25, 0.3) is 5.91 Å². The van der Waals surface area contributed by atoms with E-state index in [1.807, 2.05) is 0 Å². The quantitative estimate of drug-likeness (QED) is 0.656. The molecule has 1 aromatic rings. The average molecular weight is 167 g/mol. The van der Waals surface area contributed by atoms with Crippen LogP contribution in [0, 0.1) is 0 Å². The first-order valence-electron chi connectivity index (χ1n) is 3.78. The number of anilines is 1. The number of carbonyl (C=O) groups excluding carboxylic acids is 1. The van der Waals surface area contributed by atoms with Crippen molar-refractivity contribution in [2.75, 3.05) is 5.73 Å². The molecule has 0 aliphatic heterocycles. The number of nitrogens with one attached hydrogen (secondary N) is 1. The van der Waals surface area contributed by atoms with Gasteiger partial charge in [0, 0.05) is 6.04 Å². The van der Waals surface area contributed by atoms with E-state index < -0.39 is 0 Å². The molecule has 0 unspecified atom stereocenters. The number of hydrogen-bond donors (Lipinski definition) is 2. The highest BCUT2D eigenvalue weighted by Gasteiger charge is 2.26. The van der Waals surface area contributed by atoms with E-state index in [1.165, 1.54) is 6.20 Å². The van der Waals surface area contributed by atoms with Gasteiger partial charge in [-0.3, -0.25) is 4.79 Å². The molecule has 1 fully saturated rings. The number of amides is 1. The maximum atomic E-state index is 11.3. The van der Waals surface area contributed by atoms with Gasteiger partial charge >= 0.3 is 0 Å². The van der Waals surface area contributed by atoms with Crippen molar-refractivity contribution in [2.24, 2.45) is 0 Å². The Bertz CT molecular complexity index is 303. The van der Waals surface area contributed by atoms with Crippen LogP contribution in [0.5, 0.6) is 0 Å². The van der Waals surface area contributed by atoms with Crippen LogP contribution in [0.25, 0.3) is 0 Å². The van der Waals surface area contributed by atoms with Crippen LogP contribution in [-0.4, -0.2) is 17.1 Å². The fourth-order valence-corrected chi connectivity index (χ4v) is 0.898. The lowest BCUT2D eigenvalue weighted by atomic mass is 10.4. The van der Waals surface area contributed by atoms with E-state index >= 15 is 0 Å².